The van der Waals surface area contributed by atoms with E-state index in [-0.39, 0.29) is 24.5 Å². The zero-order valence-electron chi connectivity index (χ0n) is 18.2. The normalized spacial score (nSPS) is 10.2. The summed E-state index contributed by atoms with van der Waals surface area (Å²) in [6.45, 7) is 3.61. The summed E-state index contributed by atoms with van der Waals surface area (Å²) in [5.74, 6) is 0. The number of rotatable bonds is 7. The number of para-hydroxylation sites is 1. The van der Waals surface area contributed by atoms with Crippen molar-refractivity contribution in [2.24, 2.45) is 0 Å². The lowest BCUT2D eigenvalue weighted by atomic mass is 10.1. The molecule has 3 rings (SSSR count). The topological polar surface area (TPSA) is 120 Å². The van der Waals surface area contributed by atoms with Gasteiger partial charge in [0.2, 0.25) is 0 Å². The van der Waals surface area contributed by atoms with Crippen LogP contribution in [-0.4, -0.2) is 17.1 Å². The Bertz CT molecular complexity index is 1180. The fourth-order valence-corrected chi connectivity index (χ4v) is 3.00. The maximum atomic E-state index is 12.2. The molecule has 9 heteroatoms. The molecule has 0 saturated carbocycles. The molecule has 0 aliphatic rings. The highest BCUT2D eigenvalue weighted by Crippen LogP contribution is 2.22. The van der Waals surface area contributed by atoms with Crippen molar-refractivity contribution in [2.75, 3.05) is 10.6 Å². The van der Waals surface area contributed by atoms with Crippen LogP contribution in [0.5, 0.6) is 0 Å². The molecule has 0 aromatic heterocycles. The lowest BCUT2D eigenvalue weighted by Crippen LogP contribution is -2.16. The van der Waals surface area contributed by atoms with E-state index in [2.05, 4.69) is 10.6 Å². The maximum Gasteiger partial charge on any atom is 0.411 e. The molecule has 0 heterocycles. The molecule has 170 valence electrons. The number of benzene rings is 3. The third-order valence-corrected chi connectivity index (χ3v) is 4.89. The molecule has 0 radical (unpaired) electrons. The highest BCUT2D eigenvalue weighted by molar-refractivity contribution is 5.89. The average Bonchev–Trinajstić information content (AvgIpc) is 2.79. The second-order valence-electron chi connectivity index (χ2n) is 7.24. The van der Waals surface area contributed by atoms with E-state index in [1.807, 2.05) is 31.2 Å². The first-order chi connectivity index (χ1) is 15.8. The molecule has 0 fully saturated rings. The minimum Gasteiger partial charge on any atom is -0.444 e. The Morgan fingerprint density at radius 2 is 1.42 bits per heavy atom. The van der Waals surface area contributed by atoms with Crippen LogP contribution in [-0.2, 0) is 22.7 Å². The largest absolute Gasteiger partial charge is 0.444 e. The molecule has 0 saturated heterocycles. The number of nitrogens with zero attached hydrogens (tertiary/aromatic N) is 1. The van der Waals surface area contributed by atoms with Crippen molar-refractivity contribution in [1.82, 2.24) is 0 Å². The molecule has 33 heavy (non-hydrogen) atoms. The van der Waals surface area contributed by atoms with Crippen LogP contribution in [0.1, 0.15) is 22.3 Å². The fourth-order valence-electron chi connectivity index (χ4n) is 3.00. The van der Waals surface area contributed by atoms with E-state index in [4.69, 9.17) is 9.47 Å². The standard InChI is InChI=1S/C24H23N3O6/c1-16-7-3-4-8-18(16)14-32-24(29)26-21-13-20(12-11-17(21)2)25-23(28)33-15-19-9-5-6-10-22(19)27(30)31/h3-13H,14-15H2,1-2H3,(H,25,28)(H,26,29). The second kappa shape index (κ2) is 10.8. The van der Waals surface area contributed by atoms with Crippen molar-refractivity contribution in [3.8, 4) is 0 Å². The van der Waals surface area contributed by atoms with Gasteiger partial charge in [0.05, 0.1) is 10.5 Å². The quantitative estimate of drug-likeness (QED) is 0.352. The average molecular weight is 449 g/mol. The van der Waals surface area contributed by atoms with Gasteiger partial charge in [-0.15, -0.1) is 0 Å². The van der Waals surface area contributed by atoms with Gasteiger partial charge in [0.25, 0.3) is 5.69 Å². The van der Waals surface area contributed by atoms with Crippen LogP contribution in [0.25, 0.3) is 0 Å². The van der Waals surface area contributed by atoms with Crippen molar-refractivity contribution < 1.29 is 24.0 Å². The van der Waals surface area contributed by atoms with Gasteiger partial charge in [0.1, 0.15) is 13.2 Å². The first-order valence-electron chi connectivity index (χ1n) is 10.1. The Balaban J connectivity index is 1.57. The number of amides is 2. The van der Waals surface area contributed by atoms with Crippen LogP contribution < -0.4 is 10.6 Å². The number of hydrogen-bond acceptors (Lipinski definition) is 6. The van der Waals surface area contributed by atoms with E-state index in [9.17, 15) is 19.7 Å². The first kappa shape index (κ1) is 23.3. The molecule has 9 nitrogen and oxygen atoms in total. The number of hydrogen-bond donors (Lipinski definition) is 2. The molecular weight excluding hydrogens is 426 g/mol. The molecular formula is C24H23N3O6. The lowest BCUT2D eigenvalue weighted by molar-refractivity contribution is -0.385. The molecule has 2 amide bonds. The van der Waals surface area contributed by atoms with Crippen LogP contribution in [0, 0.1) is 24.0 Å². The Morgan fingerprint density at radius 3 is 2.12 bits per heavy atom. The monoisotopic (exact) mass is 449 g/mol. The summed E-state index contributed by atoms with van der Waals surface area (Å²) in [6.07, 6.45) is -1.41. The molecule has 0 aliphatic carbocycles. The van der Waals surface area contributed by atoms with E-state index in [1.54, 1.807) is 31.2 Å². The van der Waals surface area contributed by atoms with E-state index in [0.717, 1.165) is 16.7 Å². The van der Waals surface area contributed by atoms with Crippen molar-refractivity contribution in [1.29, 1.82) is 0 Å². The number of nitro groups is 1. The summed E-state index contributed by atoms with van der Waals surface area (Å²) in [4.78, 5) is 34.9. The van der Waals surface area contributed by atoms with Gasteiger partial charge in [0.15, 0.2) is 0 Å². The smallest absolute Gasteiger partial charge is 0.411 e. The van der Waals surface area contributed by atoms with Crippen molar-refractivity contribution in [2.45, 2.75) is 27.1 Å². The summed E-state index contributed by atoms with van der Waals surface area (Å²) >= 11 is 0. The van der Waals surface area contributed by atoms with Crippen molar-refractivity contribution >= 4 is 29.2 Å². The number of carbonyl (C=O) groups excluding carboxylic acids is 2. The molecule has 3 aromatic rings. The molecule has 0 spiro atoms. The summed E-state index contributed by atoms with van der Waals surface area (Å²) in [7, 11) is 0. The number of nitro benzene ring substituents is 1. The Kier molecular flexibility index (Phi) is 7.59. The summed E-state index contributed by atoms with van der Waals surface area (Å²) in [5, 5.41) is 16.3. The van der Waals surface area contributed by atoms with Crippen LogP contribution in [0.3, 0.4) is 0 Å². The molecule has 0 bridgehead atoms. The summed E-state index contributed by atoms with van der Waals surface area (Å²) in [5.41, 5.74) is 3.68. The molecule has 3 aromatic carbocycles. The van der Waals surface area contributed by atoms with E-state index in [0.29, 0.717) is 11.4 Å². The number of anilines is 2. The maximum absolute atomic E-state index is 12.2. The predicted molar refractivity (Wildman–Crippen MR) is 123 cm³/mol. The van der Waals surface area contributed by atoms with Gasteiger partial charge in [-0.05, 0) is 48.7 Å². The fraction of sp³-hybridized carbons (Fsp3) is 0.167. The van der Waals surface area contributed by atoms with Crippen molar-refractivity contribution in [3.63, 3.8) is 0 Å². The van der Waals surface area contributed by atoms with Gasteiger partial charge in [-0.2, -0.15) is 0 Å². The molecule has 0 aliphatic heterocycles. The van der Waals surface area contributed by atoms with Gasteiger partial charge in [-0.3, -0.25) is 20.7 Å². The number of aryl methyl sites for hydroxylation is 2. The predicted octanol–water partition coefficient (Wildman–Crippen LogP) is 5.71. The minimum absolute atomic E-state index is 0.128. The second-order valence-corrected chi connectivity index (χ2v) is 7.24. The summed E-state index contributed by atoms with van der Waals surface area (Å²) in [6, 6.07) is 18.5. The van der Waals surface area contributed by atoms with Gasteiger partial charge >= 0.3 is 12.2 Å². The van der Waals surface area contributed by atoms with Crippen LogP contribution in [0.2, 0.25) is 0 Å². The van der Waals surface area contributed by atoms with E-state index in [1.165, 1.54) is 18.2 Å². The zero-order chi connectivity index (χ0) is 23.8. The van der Waals surface area contributed by atoms with Crippen LogP contribution in [0.4, 0.5) is 26.7 Å². The molecule has 0 unspecified atom stereocenters. The number of ether oxygens (including phenoxy) is 2. The molecule has 2 N–H and O–H groups in total. The van der Waals surface area contributed by atoms with Crippen molar-refractivity contribution in [3.05, 3.63) is 99.1 Å². The minimum atomic E-state index is -0.787. The summed E-state index contributed by atoms with van der Waals surface area (Å²) < 4.78 is 10.4. The van der Waals surface area contributed by atoms with Gasteiger partial charge in [0, 0.05) is 17.4 Å². The third kappa shape index (κ3) is 6.54. The van der Waals surface area contributed by atoms with Gasteiger partial charge < -0.3 is 9.47 Å². The Labute approximate surface area is 190 Å². The Morgan fingerprint density at radius 1 is 0.818 bits per heavy atom. The van der Waals surface area contributed by atoms with Crippen LogP contribution in [0.15, 0.2) is 66.7 Å². The highest BCUT2D eigenvalue weighted by Gasteiger charge is 2.15. The van der Waals surface area contributed by atoms with Gasteiger partial charge in [-0.1, -0.05) is 42.5 Å². The lowest BCUT2D eigenvalue weighted by Gasteiger charge is -2.13. The zero-order valence-corrected chi connectivity index (χ0v) is 18.2. The first-order valence-corrected chi connectivity index (χ1v) is 10.1. The Hall–Kier alpha value is -4.40. The van der Waals surface area contributed by atoms with Crippen LogP contribution >= 0.6 is 0 Å². The SMILES string of the molecule is Cc1ccccc1COC(=O)Nc1cc(NC(=O)OCc2ccccc2[N+](=O)[O-])ccc1C. The molecule has 0 atom stereocenters. The van der Waals surface area contributed by atoms with E-state index >= 15 is 0 Å². The van der Waals surface area contributed by atoms with E-state index < -0.39 is 17.1 Å². The third-order valence-electron chi connectivity index (χ3n) is 4.89. The number of nitrogens with one attached hydrogen (secondary N) is 2. The number of carbonyl (C=O) groups is 2. The highest BCUT2D eigenvalue weighted by atomic mass is 16.6. The van der Waals surface area contributed by atoms with Gasteiger partial charge in [-0.25, -0.2) is 9.59 Å².